The van der Waals surface area contributed by atoms with Gasteiger partial charge in [-0.2, -0.15) is 0 Å². The van der Waals surface area contributed by atoms with Crippen molar-refractivity contribution < 1.29 is 0 Å². The summed E-state index contributed by atoms with van der Waals surface area (Å²) in [5, 5.41) is 4.40. The van der Waals surface area contributed by atoms with E-state index in [1.165, 1.54) is 37.1 Å². The third kappa shape index (κ3) is 2.63. The molecule has 1 aliphatic carbocycles. The van der Waals surface area contributed by atoms with Gasteiger partial charge in [-0.3, -0.25) is 4.98 Å². The SMILES string of the molecule is Cc1ccc([C@@H]2[C@@H](c3ccccn3)NC(=S)N2C2CCCC2)[nH]1. The summed E-state index contributed by atoms with van der Waals surface area (Å²) < 4.78 is 0. The van der Waals surface area contributed by atoms with Gasteiger partial charge in [0.25, 0.3) is 0 Å². The van der Waals surface area contributed by atoms with E-state index in [4.69, 9.17) is 12.2 Å². The van der Waals surface area contributed by atoms with Crippen LogP contribution in [0, 0.1) is 6.92 Å². The van der Waals surface area contributed by atoms with Crippen molar-refractivity contribution in [2.75, 3.05) is 0 Å². The fourth-order valence-corrected chi connectivity index (χ4v) is 4.36. The van der Waals surface area contributed by atoms with Crippen molar-refractivity contribution in [2.24, 2.45) is 0 Å². The van der Waals surface area contributed by atoms with Gasteiger partial charge in [0.2, 0.25) is 0 Å². The molecule has 0 radical (unpaired) electrons. The van der Waals surface area contributed by atoms with Crippen molar-refractivity contribution in [1.82, 2.24) is 20.2 Å². The molecule has 2 atom stereocenters. The number of rotatable bonds is 3. The largest absolute Gasteiger partial charge is 0.361 e. The summed E-state index contributed by atoms with van der Waals surface area (Å²) in [6, 6.07) is 11.2. The van der Waals surface area contributed by atoms with E-state index in [1.807, 2.05) is 18.3 Å². The number of nitrogens with one attached hydrogen (secondary N) is 2. The number of aromatic nitrogens is 2. The van der Waals surface area contributed by atoms with Crippen molar-refractivity contribution in [3.05, 3.63) is 53.6 Å². The average molecular weight is 326 g/mol. The Morgan fingerprint density at radius 1 is 1.17 bits per heavy atom. The zero-order valence-electron chi connectivity index (χ0n) is 13.3. The predicted octanol–water partition coefficient (Wildman–Crippen LogP) is 3.63. The highest BCUT2D eigenvalue weighted by molar-refractivity contribution is 7.80. The summed E-state index contributed by atoms with van der Waals surface area (Å²) in [5.41, 5.74) is 3.45. The van der Waals surface area contributed by atoms with E-state index in [2.05, 4.69) is 45.3 Å². The van der Waals surface area contributed by atoms with Gasteiger partial charge in [0.15, 0.2) is 5.11 Å². The highest BCUT2D eigenvalue weighted by Gasteiger charge is 2.44. The molecule has 0 bridgehead atoms. The van der Waals surface area contributed by atoms with Gasteiger partial charge in [-0.15, -0.1) is 0 Å². The molecular formula is C18H22N4S. The molecule has 2 fully saturated rings. The van der Waals surface area contributed by atoms with Gasteiger partial charge in [0.1, 0.15) is 0 Å². The van der Waals surface area contributed by atoms with Crippen LogP contribution in [0.25, 0.3) is 0 Å². The maximum Gasteiger partial charge on any atom is 0.170 e. The van der Waals surface area contributed by atoms with Crippen LogP contribution in [0.4, 0.5) is 0 Å². The molecule has 0 unspecified atom stereocenters. The van der Waals surface area contributed by atoms with Gasteiger partial charge in [-0.25, -0.2) is 0 Å². The monoisotopic (exact) mass is 326 g/mol. The molecule has 0 amide bonds. The van der Waals surface area contributed by atoms with E-state index >= 15 is 0 Å². The average Bonchev–Trinajstić information content (AvgIpc) is 3.27. The zero-order chi connectivity index (χ0) is 15.8. The summed E-state index contributed by atoms with van der Waals surface area (Å²) in [6.07, 6.45) is 6.91. The maximum atomic E-state index is 5.71. The van der Waals surface area contributed by atoms with Crippen molar-refractivity contribution in [2.45, 2.75) is 50.7 Å². The van der Waals surface area contributed by atoms with Crippen molar-refractivity contribution >= 4 is 17.3 Å². The molecule has 2 aromatic heterocycles. The fourth-order valence-electron chi connectivity index (χ4n) is 3.97. The second kappa shape index (κ2) is 5.96. The highest BCUT2D eigenvalue weighted by Crippen LogP contribution is 2.42. The number of thiocarbonyl (C=S) groups is 1. The van der Waals surface area contributed by atoms with Gasteiger partial charge in [0, 0.05) is 23.6 Å². The molecule has 0 spiro atoms. The van der Waals surface area contributed by atoms with E-state index < -0.39 is 0 Å². The Morgan fingerprint density at radius 3 is 2.65 bits per heavy atom. The molecule has 2 aliphatic rings. The standard InChI is InChI=1S/C18H22N4S/c1-12-9-10-15(20-12)17-16(14-8-4-5-11-19-14)21-18(23)22(17)13-6-2-3-7-13/h4-5,8-11,13,16-17,20H,2-3,6-7H2,1H3,(H,21,23)/t16-,17-/m1/s1. The van der Waals surface area contributed by atoms with Gasteiger partial charge < -0.3 is 15.2 Å². The lowest BCUT2D eigenvalue weighted by Crippen LogP contribution is -2.37. The minimum absolute atomic E-state index is 0.0994. The van der Waals surface area contributed by atoms with Crippen LogP contribution in [-0.4, -0.2) is 26.0 Å². The number of aromatic amines is 1. The molecule has 3 heterocycles. The zero-order valence-corrected chi connectivity index (χ0v) is 14.1. The lowest BCUT2D eigenvalue weighted by Gasteiger charge is -2.32. The van der Waals surface area contributed by atoms with Gasteiger partial charge in [0.05, 0.1) is 17.8 Å². The van der Waals surface area contributed by atoms with E-state index in [1.54, 1.807) is 0 Å². The third-order valence-electron chi connectivity index (χ3n) is 5.03. The highest BCUT2D eigenvalue weighted by atomic mass is 32.1. The number of pyridine rings is 1. The topological polar surface area (TPSA) is 44.0 Å². The lowest BCUT2D eigenvalue weighted by molar-refractivity contribution is 0.242. The summed E-state index contributed by atoms with van der Waals surface area (Å²) >= 11 is 5.71. The molecule has 1 saturated heterocycles. The molecule has 2 aromatic rings. The van der Waals surface area contributed by atoms with Crippen LogP contribution in [0.3, 0.4) is 0 Å². The molecule has 23 heavy (non-hydrogen) atoms. The lowest BCUT2D eigenvalue weighted by atomic mass is 10.00. The van der Waals surface area contributed by atoms with Crippen molar-refractivity contribution in [1.29, 1.82) is 0 Å². The minimum Gasteiger partial charge on any atom is -0.361 e. The normalized spacial score (nSPS) is 25.1. The van der Waals surface area contributed by atoms with Crippen LogP contribution >= 0.6 is 12.2 Å². The maximum absolute atomic E-state index is 5.71. The summed E-state index contributed by atoms with van der Waals surface area (Å²) in [6.45, 7) is 2.10. The van der Waals surface area contributed by atoms with Crippen LogP contribution in [-0.2, 0) is 0 Å². The van der Waals surface area contributed by atoms with Crippen LogP contribution in [0.1, 0.15) is 54.8 Å². The number of hydrogen-bond acceptors (Lipinski definition) is 2. The van der Waals surface area contributed by atoms with Crippen LogP contribution in [0.15, 0.2) is 36.5 Å². The quantitative estimate of drug-likeness (QED) is 0.845. The molecule has 1 saturated carbocycles. The molecule has 4 rings (SSSR count). The van der Waals surface area contributed by atoms with Gasteiger partial charge >= 0.3 is 0 Å². The fraction of sp³-hybridized carbons (Fsp3) is 0.444. The Hall–Kier alpha value is -1.88. The van der Waals surface area contributed by atoms with E-state index in [0.29, 0.717) is 6.04 Å². The van der Waals surface area contributed by atoms with E-state index in [9.17, 15) is 0 Å². The summed E-state index contributed by atoms with van der Waals surface area (Å²) in [5.74, 6) is 0. The molecule has 2 N–H and O–H groups in total. The predicted molar refractivity (Wildman–Crippen MR) is 95.1 cm³/mol. The summed E-state index contributed by atoms with van der Waals surface area (Å²) in [4.78, 5) is 10.5. The van der Waals surface area contributed by atoms with Crippen LogP contribution in [0.2, 0.25) is 0 Å². The van der Waals surface area contributed by atoms with E-state index in [0.717, 1.165) is 10.8 Å². The molecule has 4 nitrogen and oxygen atoms in total. The molecule has 5 heteroatoms. The van der Waals surface area contributed by atoms with Crippen molar-refractivity contribution in [3.8, 4) is 0 Å². The molecule has 0 aromatic carbocycles. The molecular weight excluding hydrogens is 304 g/mol. The first-order valence-corrected chi connectivity index (χ1v) is 8.80. The van der Waals surface area contributed by atoms with Gasteiger partial charge in [-0.1, -0.05) is 18.9 Å². The Kier molecular flexibility index (Phi) is 3.81. The first-order chi connectivity index (χ1) is 11.2. The first kappa shape index (κ1) is 14.7. The number of H-pyrrole nitrogens is 1. The first-order valence-electron chi connectivity index (χ1n) is 8.39. The molecule has 120 valence electrons. The second-order valence-corrected chi connectivity index (χ2v) is 6.96. The van der Waals surface area contributed by atoms with Crippen LogP contribution < -0.4 is 5.32 Å². The van der Waals surface area contributed by atoms with Crippen molar-refractivity contribution in [3.63, 3.8) is 0 Å². The minimum atomic E-state index is 0.0994. The smallest absolute Gasteiger partial charge is 0.170 e. The Labute approximate surface area is 142 Å². The number of nitrogens with zero attached hydrogens (tertiary/aromatic N) is 2. The second-order valence-electron chi connectivity index (χ2n) is 6.57. The third-order valence-corrected chi connectivity index (χ3v) is 5.36. The summed E-state index contributed by atoms with van der Waals surface area (Å²) in [7, 11) is 0. The Bertz CT molecular complexity index is 690. The number of hydrogen-bond donors (Lipinski definition) is 2. The van der Waals surface area contributed by atoms with Gasteiger partial charge in [-0.05, 0) is 56.2 Å². The van der Waals surface area contributed by atoms with Crippen LogP contribution in [0.5, 0.6) is 0 Å². The Balaban J connectivity index is 1.75. The number of aryl methyl sites for hydroxylation is 1. The van der Waals surface area contributed by atoms with E-state index in [-0.39, 0.29) is 12.1 Å². The Morgan fingerprint density at radius 2 is 2.00 bits per heavy atom. The molecule has 1 aliphatic heterocycles.